The van der Waals surface area contributed by atoms with Crippen LogP contribution in [0.4, 0.5) is 0 Å². The molecular weight excluding hydrogens is 284 g/mol. The van der Waals surface area contributed by atoms with E-state index in [1.165, 1.54) is 24.2 Å². The van der Waals surface area contributed by atoms with Crippen molar-refractivity contribution in [2.75, 3.05) is 26.2 Å². The lowest BCUT2D eigenvalue weighted by Gasteiger charge is -2.32. The highest BCUT2D eigenvalue weighted by Crippen LogP contribution is 2.41. The maximum atomic E-state index is 6.14. The van der Waals surface area contributed by atoms with Crippen LogP contribution in [0, 0.1) is 0 Å². The Morgan fingerprint density at radius 2 is 2.05 bits per heavy atom. The molecule has 1 aliphatic carbocycles. The minimum Gasteiger partial charge on any atom is -0.324 e. The second kappa shape index (κ2) is 5.27. The van der Waals surface area contributed by atoms with Crippen molar-refractivity contribution in [3.05, 3.63) is 29.0 Å². The van der Waals surface area contributed by atoms with Crippen molar-refractivity contribution in [2.24, 2.45) is 0 Å². The molecule has 5 heteroatoms. The summed E-state index contributed by atoms with van der Waals surface area (Å²) < 4.78 is 2.46. The van der Waals surface area contributed by atoms with Gasteiger partial charge in [-0.3, -0.25) is 4.90 Å². The maximum absolute atomic E-state index is 6.14. The molecule has 1 aromatic carbocycles. The number of imidazole rings is 1. The highest BCUT2D eigenvalue weighted by molar-refractivity contribution is 6.31. The molecule has 1 saturated heterocycles. The van der Waals surface area contributed by atoms with Gasteiger partial charge in [-0.2, -0.15) is 0 Å². The van der Waals surface area contributed by atoms with Crippen LogP contribution in [0.5, 0.6) is 0 Å². The van der Waals surface area contributed by atoms with Crippen molar-refractivity contribution in [1.29, 1.82) is 0 Å². The molecule has 1 N–H and O–H groups in total. The van der Waals surface area contributed by atoms with Crippen LogP contribution in [-0.4, -0.2) is 40.6 Å². The van der Waals surface area contributed by atoms with Crippen LogP contribution in [0.15, 0.2) is 18.2 Å². The van der Waals surface area contributed by atoms with Gasteiger partial charge in [-0.05, 0) is 38.0 Å². The fourth-order valence-corrected chi connectivity index (χ4v) is 3.50. The Hall–Kier alpha value is -1.10. The summed E-state index contributed by atoms with van der Waals surface area (Å²) in [5, 5.41) is 4.19. The first-order valence-corrected chi connectivity index (χ1v) is 8.24. The summed E-state index contributed by atoms with van der Waals surface area (Å²) in [5.41, 5.74) is 2.27. The van der Waals surface area contributed by atoms with Gasteiger partial charge in [-0.1, -0.05) is 11.6 Å². The van der Waals surface area contributed by atoms with Crippen molar-refractivity contribution in [2.45, 2.75) is 31.8 Å². The zero-order valence-corrected chi connectivity index (χ0v) is 13.1. The van der Waals surface area contributed by atoms with Crippen molar-refractivity contribution in [1.82, 2.24) is 19.8 Å². The van der Waals surface area contributed by atoms with Gasteiger partial charge in [0.1, 0.15) is 5.82 Å². The van der Waals surface area contributed by atoms with E-state index in [1.54, 1.807) is 0 Å². The van der Waals surface area contributed by atoms with E-state index in [9.17, 15) is 0 Å². The minimum absolute atomic E-state index is 0.360. The Bertz CT molecular complexity index is 656. The summed E-state index contributed by atoms with van der Waals surface area (Å²) in [6.07, 6.45) is 2.55. The second-order valence-electron chi connectivity index (χ2n) is 6.17. The van der Waals surface area contributed by atoms with Gasteiger partial charge in [0.25, 0.3) is 0 Å². The highest BCUT2D eigenvalue weighted by atomic mass is 35.5. The number of fused-ring (bicyclic) bond motifs is 1. The maximum Gasteiger partial charge on any atom is 0.127 e. The smallest absolute Gasteiger partial charge is 0.127 e. The number of hydrogen-bond donors (Lipinski definition) is 1. The molecule has 2 aromatic rings. The van der Waals surface area contributed by atoms with Crippen molar-refractivity contribution in [3.63, 3.8) is 0 Å². The number of hydrogen-bond acceptors (Lipinski definition) is 3. The molecule has 2 aliphatic rings. The van der Waals surface area contributed by atoms with Crippen LogP contribution in [0.1, 0.15) is 37.7 Å². The van der Waals surface area contributed by atoms with Gasteiger partial charge in [0.15, 0.2) is 0 Å². The average Bonchev–Trinajstić information content (AvgIpc) is 3.28. The first-order chi connectivity index (χ1) is 10.2. The lowest BCUT2D eigenvalue weighted by atomic mass is 10.2. The second-order valence-corrected chi connectivity index (χ2v) is 6.60. The molecule has 4 rings (SSSR count). The summed E-state index contributed by atoms with van der Waals surface area (Å²) in [4.78, 5) is 7.45. The molecular formula is C16H21ClN4. The Morgan fingerprint density at radius 1 is 1.29 bits per heavy atom. The van der Waals surface area contributed by atoms with Gasteiger partial charge in [0, 0.05) is 37.2 Å². The Balaban J connectivity index is 1.77. The van der Waals surface area contributed by atoms with E-state index in [0.29, 0.717) is 12.1 Å². The summed E-state index contributed by atoms with van der Waals surface area (Å²) in [6.45, 7) is 6.61. The van der Waals surface area contributed by atoms with Crippen LogP contribution in [0.3, 0.4) is 0 Å². The zero-order valence-electron chi connectivity index (χ0n) is 12.3. The van der Waals surface area contributed by atoms with E-state index in [1.807, 2.05) is 12.1 Å². The molecule has 1 aliphatic heterocycles. The highest BCUT2D eigenvalue weighted by Gasteiger charge is 2.31. The number of piperazine rings is 1. The van der Waals surface area contributed by atoms with Crippen molar-refractivity contribution < 1.29 is 0 Å². The topological polar surface area (TPSA) is 33.1 Å². The molecule has 0 bridgehead atoms. The Morgan fingerprint density at radius 3 is 2.76 bits per heavy atom. The predicted octanol–water partition coefficient (Wildman–Crippen LogP) is 2.99. The van der Waals surface area contributed by atoms with Gasteiger partial charge in [-0.15, -0.1) is 0 Å². The molecule has 0 radical (unpaired) electrons. The third kappa shape index (κ3) is 2.45. The van der Waals surface area contributed by atoms with E-state index in [2.05, 4.69) is 27.8 Å². The average molecular weight is 305 g/mol. The number of benzene rings is 1. The summed E-state index contributed by atoms with van der Waals surface area (Å²) >= 11 is 6.14. The SMILES string of the molecule is CC(c1nc2cc(Cl)ccc2n1C1CC1)N1CCNCC1. The van der Waals surface area contributed by atoms with Gasteiger partial charge >= 0.3 is 0 Å². The normalized spacial score (nSPS) is 21.8. The fraction of sp³-hybridized carbons (Fsp3) is 0.562. The number of rotatable bonds is 3. The van der Waals surface area contributed by atoms with Crippen LogP contribution in [0.25, 0.3) is 11.0 Å². The van der Waals surface area contributed by atoms with Gasteiger partial charge in [0.05, 0.1) is 17.1 Å². The molecule has 2 heterocycles. The molecule has 2 fully saturated rings. The van der Waals surface area contributed by atoms with Gasteiger partial charge < -0.3 is 9.88 Å². The van der Waals surface area contributed by atoms with E-state index >= 15 is 0 Å². The van der Waals surface area contributed by atoms with Gasteiger partial charge in [-0.25, -0.2) is 4.98 Å². The zero-order chi connectivity index (χ0) is 14.4. The van der Waals surface area contributed by atoms with Crippen LogP contribution >= 0.6 is 11.6 Å². The van der Waals surface area contributed by atoms with E-state index in [-0.39, 0.29) is 0 Å². The summed E-state index contributed by atoms with van der Waals surface area (Å²) in [5.74, 6) is 1.21. The number of nitrogens with zero attached hydrogens (tertiary/aromatic N) is 3. The number of nitrogens with one attached hydrogen (secondary N) is 1. The largest absolute Gasteiger partial charge is 0.324 e. The van der Waals surface area contributed by atoms with Crippen molar-refractivity contribution in [3.8, 4) is 0 Å². The minimum atomic E-state index is 0.360. The molecule has 0 spiro atoms. The standard InChI is InChI=1S/C16H21ClN4/c1-11(20-8-6-18-7-9-20)16-19-14-10-12(17)2-5-15(14)21(16)13-3-4-13/h2,5,10-11,13,18H,3-4,6-9H2,1H3. The molecule has 21 heavy (non-hydrogen) atoms. The number of halogens is 1. The molecule has 1 saturated carbocycles. The Kier molecular flexibility index (Phi) is 3.40. The Labute approximate surface area is 130 Å². The van der Waals surface area contributed by atoms with Crippen LogP contribution in [-0.2, 0) is 0 Å². The molecule has 4 nitrogen and oxygen atoms in total. The molecule has 1 unspecified atom stereocenters. The van der Waals surface area contributed by atoms with E-state index in [4.69, 9.17) is 16.6 Å². The van der Waals surface area contributed by atoms with Gasteiger partial charge in [0.2, 0.25) is 0 Å². The molecule has 112 valence electrons. The van der Waals surface area contributed by atoms with Crippen LogP contribution in [0.2, 0.25) is 5.02 Å². The lowest BCUT2D eigenvalue weighted by Crippen LogP contribution is -2.45. The quantitative estimate of drug-likeness (QED) is 0.946. The fourth-order valence-electron chi connectivity index (χ4n) is 3.33. The third-order valence-corrected chi connectivity index (χ3v) is 4.90. The summed E-state index contributed by atoms with van der Waals surface area (Å²) in [6, 6.07) is 7.08. The molecule has 1 aromatic heterocycles. The number of aromatic nitrogens is 2. The van der Waals surface area contributed by atoms with E-state index in [0.717, 1.165) is 36.7 Å². The molecule has 1 atom stereocenters. The first-order valence-electron chi connectivity index (χ1n) is 7.86. The molecule has 0 amide bonds. The van der Waals surface area contributed by atoms with E-state index < -0.39 is 0 Å². The summed E-state index contributed by atoms with van der Waals surface area (Å²) in [7, 11) is 0. The van der Waals surface area contributed by atoms with Crippen LogP contribution < -0.4 is 5.32 Å². The lowest BCUT2D eigenvalue weighted by molar-refractivity contribution is 0.176. The first kappa shape index (κ1) is 13.6. The monoisotopic (exact) mass is 304 g/mol. The third-order valence-electron chi connectivity index (χ3n) is 4.66. The predicted molar refractivity (Wildman–Crippen MR) is 85.9 cm³/mol. The van der Waals surface area contributed by atoms with Crippen molar-refractivity contribution >= 4 is 22.6 Å².